The molecule has 0 fully saturated rings. The Kier molecular flexibility index (Phi) is 95.0. The lowest BCUT2D eigenvalue weighted by atomic mass is 10.0. The van der Waals surface area contributed by atoms with Crippen molar-refractivity contribution in [3.8, 4) is 0 Å². The number of hydrogen-bond acceptors (Lipinski definition) is 14. The van der Waals surface area contributed by atoms with E-state index in [2.05, 4.69) is 215 Å². The van der Waals surface area contributed by atoms with Crippen molar-refractivity contribution in [1.29, 1.82) is 0 Å². The van der Waals surface area contributed by atoms with E-state index in [1.54, 1.807) is 0 Å². The minimum Gasteiger partial charge on any atom is -0.463 e. The van der Waals surface area contributed by atoms with E-state index < -0.39 is 91.5 Å². The highest BCUT2D eigenvalue weighted by Crippen LogP contribution is 2.45. The topological polar surface area (TPSA) is 231 Å². The van der Waals surface area contributed by atoms with Crippen molar-refractivity contribution in [3.05, 3.63) is 194 Å². The Labute approximate surface area is 776 Å². The summed E-state index contributed by atoms with van der Waals surface area (Å²) in [5.74, 6) is -1.59. The van der Waals surface area contributed by atoms with Crippen molar-refractivity contribution < 1.29 is 75.8 Å². The Bertz CT molecular complexity index is 3090. The van der Waals surface area contributed by atoms with Crippen molar-refractivity contribution in [2.45, 2.75) is 437 Å². The third-order valence-corrected chi connectivity index (χ3v) is 23.2. The minimum absolute atomic E-state index is 0.0707. The number of allylic oxidation sites excluding steroid dienone is 32. The van der Waals surface area contributed by atoms with Gasteiger partial charge in [0.1, 0.15) is 25.4 Å². The number of rotatable bonds is 95. The van der Waals surface area contributed by atoms with Gasteiger partial charge in [-0.15, -0.1) is 0 Å². The van der Waals surface area contributed by atoms with Crippen molar-refractivity contribution in [2.24, 2.45) is 0 Å². The third-order valence-electron chi connectivity index (χ3n) is 21.3. The number of phosphoric ester groups is 2. The number of unbranched alkanes of at least 4 members (excludes halogenated alkanes) is 40. The molecule has 4 N–H and O–H groups in total. The summed E-state index contributed by atoms with van der Waals surface area (Å²) in [6.45, 7) is 2.37. The first kappa shape index (κ1) is 121. The maximum Gasteiger partial charge on any atom is 0.472 e. The van der Waals surface area contributed by atoms with Gasteiger partial charge in [-0.05, 0) is 161 Å². The van der Waals surface area contributed by atoms with Gasteiger partial charge in [0.15, 0.2) is 6.10 Å². The molecule has 0 bridgehead atoms. The number of esters is 3. The van der Waals surface area contributed by atoms with E-state index in [0.717, 1.165) is 167 Å². The molecule has 0 saturated carbocycles. The Morgan fingerprint density at radius 1 is 0.220 bits per heavy atom. The molecule has 0 amide bonds. The zero-order valence-corrected chi connectivity index (χ0v) is 82.2. The number of aliphatic hydroxyl groups is 2. The van der Waals surface area contributed by atoms with Gasteiger partial charge >= 0.3 is 33.6 Å². The maximum atomic E-state index is 13.1. The Balaban J connectivity index is 4.56. The summed E-state index contributed by atoms with van der Waals surface area (Å²) in [7, 11) is -9.83. The maximum absolute atomic E-state index is 13.1. The fourth-order valence-corrected chi connectivity index (χ4v) is 15.3. The molecular formula is C109H184O16P2. The van der Waals surface area contributed by atoms with E-state index in [-0.39, 0.29) is 19.3 Å². The average Bonchev–Trinajstić information content (AvgIpc) is 0.897. The van der Waals surface area contributed by atoms with Gasteiger partial charge in [-0.2, -0.15) is 0 Å². The van der Waals surface area contributed by atoms with E-state index in [1.165, 1.54) is 193 Å². The quantitative estimate of drug-likeness (QED) is 0.0146. The van der Waals surface area contributed by atoms with E-state index >= 15 is 0 Å². The van der Waals surface area contributed by atoms with Crippen LogP contribution < -0.4 is 0 Å². The summed E-state index contributed by atoms with van der Waals surface area (Å²) in [4.78, 5) is 59.2. The van der Waals surface area contributed by atoms with Gasteiger partial charge < -0.3 is 34.2 Å². The first-order chi connectivity index (χ1) is 62.2. The van der Waals surface area contributed by atoms with Gasteiger partial charge in [-0.25, -0.2) is 9.13 Å². The van der Waals surface area contributed by atoms with Gasteiger partial charge in [-0.3, -0.25) is 32.5 Å². The van der Waals surface area contributed by atoms with Gasteiger partial charge in [0, 0.05) is 19.3 Å². The predicted octanol–water partition coefficient (Wildman–Crippen LogP) is 32.1. The molecule has 0 heterocycles. The predicted molar refractivity (Wildman–Crippen MR) is 537 cm³/mol. The van der Waals surface area contributed by atoms with E-state index in [1.807, 2.05) is 0 Å². The third kappa shape index (κ3) is 101. The lowest BCUT2D eigenvalue weighted by Gasteiger charge is -2.21. The summed E-state index contributed by atoms with van der Waals surface area (Å²) >= 11 is 0. The van der Waals surface area contributed by atoms with Crippen LogP contribution in [0.1, 0.15) is 419 Å². The number of phosphoric acid groups is 2. The lowest BCUT2D eigenvalue weighted by molar-refractivity contribution is -0.161. The molecule has 0 aromatic carbocycles. The molecule has 0 rings (SSSR count). The van der Waals surface area contributed by atoms with Gasteiger partial charge in [0.25, 0.3) is 0 Å². The molecule has 5 atom stereocenters. The van der Waals surface area contributed by atoms with Crippen molar-refractivity contribution in [1.82, 2.24) is 0 Å². The fourth-order valence-electron chi connectivity index (χ4n) is 13.8. The fraction of sp³-hybridized carbons (Fsp3) is 0.679. The molecule has 0 aliphatic rings. The van der Waals surface area contributed by atoms with Crippen LogP contribution >= 0.6 is 15.6 Å². The monoisotopic (exact) mass is 1810 g/mol. The molecular weight excluding hydrogens is 1630 g/mol. The molecule has 0 aliphatic heterocycles. The van der Waals surface area contributed by atoms with Gasteiger partial charge in [0.2, 0.25) is 0 Å². The van der Waals surface area contributed by atoms with Crippen LogP contribution in [0.3, 0.4) is 0 Å². The SMILES string of the molecule is CC/C=C\C/C=C\C/C=C\C/C=C\C/C=C\C/C=C\CCCCCCC(=O)OC(COC(=O)CCCCCCCCCCCCCCCCCCC/C=C\C/C=C\C/C=C\C/C=C\C/C=C\CC)COP(=O)(O)OCC(O)COP(=O)(O)OCC(O)COC(=O)CCCCCCCCCCCCCCCCCCCCC/C=C\C/C=C\C/C=C\C/C=C\C/C=C\CC. The minimum atomic E-state index is -4.96. The Morgan fingerprint density at radius 3 is 0.622 bits per heavy atom. The molecule has 18 heteroatoms. The van der Waals surface area contributed by atoms with Crippen LogP contribution in [-0.2, 0) is 55.8 Å². The number of aliphatic hydroxyl groups excluding tert-OH is 2. The number of carbonyl (C=O) groups is 3. The standard InChI is InChI=1S/C109H184O16P2/c1-4-7-10-13-16-19-22-25-28-31-34-37-40-42-44-46-48-50-51-53-55-56-58-60-63-65-68-71-74-77-80-83-86-89-92-95-107(112)119-98-104(110)99-121-126(115,116)122-100-105(111)101-123-127(117,118)124-103-106(125-109(114)97-94-91-88-85-82-79-76-73-70-67-62-39-36-33-30-27-24-21-18-15-12-9-6-3)102-120-108(113)96-93-90-87-84-81-78-75-72-69-66-64-61-59-57-54-52-49-47-45-43-41-38-35-32-29-26-23-20-17-14-11-8-5-2/h7-12,16-21,25-30,34-39,42-45,67,70,76,79,104-106,110-111H,4-6,13-15,22-24,31-33,40-41,46-66,68-69,71-75,77-78,80-103H2,1-3H3,(H,115,116)(H,117,118)/b10-7-,11-8-,12-9-,19-16-,20-17-,21-18-,28-25-,29-26-,30-27-,37-34-,38-35-,39-36-,44-42-,45-43-,70-67-,79-76-. The summed E-state index contributed by atoms with van der Waals surface area (Å²) in [6.07, 6.45) is 134. The molecule has 0 aromatic heterocycles. The van der Waals surface area contributed by atoms with Crippen molar-refractivity contribution in [3.63, 3.8) is 0 Å². The van der Waals surface area contributed by atoms with Gasteiger partial charge in [-0.1, -0.05) is 434 Å². The Hall–Kier alpha value is -5.61. The molecule has 0 radical (unpaired) electrons. The van der Waals surface area contributed by atoms with E-state index in [0.29, 0.717) is 19.3 Å². The van der Waals surface area contributed by atoms with Crippen molar-refractivity contribution in [2.75, 3.05) is 39.6 Å². The van der Waals surface area contributed by atoms with Crippen LogP contribution in [0.2, 0.25) is 0 Å². The Morgan fingerprint density at radius 2 is 0.394 bits per heavy atom. The highest BCUT2D eigenvalue weighted by atomic mass is 31.2. The molecule has 0 saturated heterocycles. The lowest BCUT2D eigenvalue weighted by Crippen LogP contribution is -2.30. The van der Waals surface area contributed by atoms with E-state index in [9.17, 15) is 43.5 Å². The largest absolute Gasteiger partial charge is 0.472 e. The highest BCUT2D eigenvalue weighted by molar-refractivity contribution is 7.47. The van der Waals surface area contributed by atoms with Crippen molar-refractivity contribution >= 4 is 33.6 Å². The first-order valence-corrected chi connectivity index (χ1v) is 53.7. The number of ether oxygens (including phenoxy) is 3. The molecule has 16 nitrogen and oxygen atoms in total. The van der Waals surface area contributed by atoms with Crippen LogP contribution in [0, 0.1) is 0 Å². The number of hydrogen-bond donors (Lipinski definition) is 4. The normalized spacial score (nSPS) is 14.5. The highest BCUT2D eigenvalue weighted by Gasteiger charge is 2.30. The second-order valence-corrected chi connectivity index (χ2v) is 36.4. The van der Waals surface area contributed by atoms with Crippen LogP contribution in [0.25, 0.3) is 0 Å². The molecule has 0 spiro atoms. The van der Waals surface area contributed by atoms with Crippen LogP contribution in [0.15, 0.2) is 194 Å². The summed E-state index contributed by atoms with van der Waals surface area (Å²) in [5.41, 5.74) is 0. The first-order valence-electron chi connectivity index (χ1n) is 50.7. The van der Waals surface area contributed by atoms with Crippen LogP contribution in [0.4, 0.5) is 0 Å². The smallest absolute Gasteiger partial charge is 0.463 e. The second kappa shape index (κ2) is 99.4. The molecule has 5 unspecified atom stereocenters. The summed E-state index contributed by atoms with van der Waals surface area (Å²) < 4.78 is 61.6. The van der Waals surface area contributed by atoms with E-state index in [4.69, 9.17) is 32.3 Å². The molecule has 127 heavy (non-hydrogen) atoms. The summed E-state index contributed by atoms with van der Waals surface area (Å²) in [5, 5.41) is 20.8. The zero-order chi connectivity index (χ0) is 92.1. The zero-order valence-electron chi connectivity index (χ0n) is 80.4. The molecule has 726 valence electrons. The summed E-state index contributed by atoms with van der Waals surface area (Å²) in [6, 6.07) is 0. The molecule has 0 aromatic rings. The van der Waals surface area contributed by atoms with Crippen LogP contribution in [0.5, 0.6) is 0 Å². The van der Waals surface area contributed by atoms with Crippen LogP contribution in [-0.4, -0.2) is 95.9 Å². The number of carbonyl (C=O) groups excluding carboxylic acids is 3. The second-order valence-electron chi connectivity index (χ2n) is 33.5. The molecule has 0 aliphatic carbocycles. The van der Waals surface area contributed by atoms with Gasteiger partial charge in [0.05, 0.1) is 26.4 Å². The average molecular weight is 1810 g/mol.